The summed E-state index contributed by atoms with van der Waals surface area (Å²) in [6.45, 7) is 2.74. The topological polar surface area (TPSA) is 51.4 Å². The second-order valence-electron chi connectivity index (χ2n) is 7.06. The van der Waals surface area contributed by atoms with E-state index in [9.17, 15) is 0 Å². The van der Waals surface area contributed by atoms with Crippen LogP contribution in [0.4, 0.5) is 5.69 Å². The van der Waals surface area contributed by atoms with E-state index in [4.69, 9.17) is 9.84 Å². The lowest BCUT2D eigenvalue weighted by atomic mass is 10.1. The number of hydrogen-bond acceptors (Lipinski definition) is 4. The van der Waals surface area contributed by atoms with Gasteiger partial charge >= 0.3 is 0 Å². The molecule has 0 aliphatic rings. The molecule has 4 rings (SSSR count). The molecular formula is C25H24N4O. The number of hydrogen-bond donors (Lipinski definition) is 1. The Morgan fingerprint density at radius 2 is 1.80 bits per heavy atom. The highest BCUT2D eigenvalue weighted by molar-refractivity contribution is 5.90. The molecule has 0 radical (unpaired) electrons. The highest BCUT2D eigenvalue weighted by atomic mass is 16.5. The smallest absolute Gasteiger partial charge is 0.128 e. The number of benzene rings is 3. The molecule has 0 amide bonds. The Morgan fingerprint density at radius 1 is 1.00 bits per heavy atom. The summed E-state index contributed by atoms with van der Waals surface area (Å²) in [7, 11) is 1.67. The van der Waals surface area contributed by atoms with Crippen molar-refractivity contribution in [2.24, 2.45) is 5.10 Å². The molecule has 1 N–H and O–H groups in total. The lowest BCUT2D eigenvalue weighted by Crippen LogP contribution is -2.00. The number of anilines is 1. The van der Waals surface area contributed by atoms with Crippen LogP contribution in [-0.4, -0.2) is 23.1 Å². The molecule has 0 atom stereocenters. The quantitative estimate of drug-likeness (QED) is 0.338. The zero-order chi connectivity index (χ0) is 20.8. The van der Waals surface area contributed by atoms with Gasteiger partial charge in [-0.05, 0) is 42.3 Å². The van der Waals surface area contributed by atoms with E-state index in [0.29, 0.717) is 6.54 Å². The molecule has 5 nitrogen and oxygen atoms in total. The van der Waals surface area contributed by atoms with Crippen molar-refractivity contribution in [1.29, 1.82) is 0 Å². The minimum atomic E-state index is 0.683. The number of para-hydroxylation sites is 1. The molecule has 30 heavy (non-hydrogen) atoms. The van der Waals surface area contributed by atoms with Gasteiger partial charge in [-0.3, -0.25) is 10.1 Å². The Kier molecular flexibility index (Phi) is 5.90. The maximum Gasteiger partial charge on any atom is 0.128 e. The summed E-state index contributed by atoms with van der Waals surface area (Å²) in [6.07, 6.45) is 3.81. The van der Waals surface area contributed by atoms with Crippen LogP contribution < -0.4 is 10.2 Å². The molecule has 4 aromatic rings. The van der Waals surface area contributed by atoms with Crippen LogP contribution >= 0.6 is 0 Å². The minimum absolute atomic E-state index is 0.683. The van der Waals surface area contributed by atoms with Crippen molar-refractivity contribution in [3.63, 3.8) is 0 Å². The second kappa shape index (κ2) is 9.09. The second-order valence-corrected chi connectivity index (χ2v) is 7.06. The van der Waals surface area contributed by atoms with Gasteiger partial charge in [-0.25, -0.2) is 0 Å². The molecule has 0 saturated heterocycles. The van der Waals surface area contributed by atoms with Gasteiger partial charge in [0.05, 0.1) is 25.6 Å². The molecule has 0 saturated carbocycles. The molecule has 1 aromatic heterocycles. The van der Waals surface area contributed by atoms with Gasteiger partial charge in [-0.15, -0.1) is 0 Å². The number of rotatable bonds is 7. The molecule has 150 valence electrons. The first-order valence-corrected chi connectivity index (χ1v) is 9.83. The van der Waals surface area contributed by atoms with E-state index in [1.54, 1.807) is 13.3 Å². The molecule has 0 fully saturated rings. The van der Waals surface area contributed by atoms with E-state index < -0.39 is 0 Å². The monoisotopic (exact) mass is 396 g/mol. The summed E-state index contributed by atoms with van der Waals surface area (Å²) in [5.41, 5.74) is 9.09. The van der Waals surface area contributed by atoms with Crippen LogP contribution in [0.15, 0.2) is 90.2 Å². The Bertz CT molecular complexity index is 1150. The molecular weight excluding hydrogens is 372 g/mol. The lowest BCUT2D eigenvalue weighted by molar-refractivity contribution is 0.416. The van der Waals surface area contributed by atoms with Crippen molar-refractivity contribution in [3.05, 3.63) is 102 Å². The Morgan fingerprint density at radius 3 is 2.60 bits per heavy atom. The fourth-order valence-electron chi connectivity index (χ4n) is 3.32. The van der Waals surface area contributed by atoms with Gasteiger partial charge in [0.15, 0.2) is 0 Å². The third-order valence-corrected chi connectivity index (χ3v) is 4.75. The van der Waals surface area contributed by atoms with E-state index in [-0.39, 0.29) is 0 Å². The molecule has 5 heteroatoms. The van der Waals surface area contributed by atoms with E-state index in [1.807, 2.05) is 65.5 Å². The molecule has 0 spiro atoms. The Balaban J connectivity index is 1.67. The number of aromatic nitrogens is 2. The zero-order valence-electron chi connectivity index (χ0n) is 17.1. The van der Waals surface area contributed by atoms with Gasteiger partial charge in [0, 0.05) is 17.3 Å². The number of methoxy groups -OCH3 is 1. The van der Waals surface area contributed by atoms with Crippen LogP contribution in [-0.2, 0) is 6.54 Å². The first-order valence-electron chi connectivity index (χ1n) is 9.83. The van der Waals surface area contributed by atoms with Gasteiger partial charge in [-0.2, -0.15) is 10.2 Å². The van der Waals surface area contributed by atoms with E-state index >= 15 is 0 Å². The SMILES string of the molecule is COc1ccccc1-c1nn(Cc2ccccc2)cc1/C=N\Nc1cccc(C)c1. The summed E-state index contributed by atoms with van der Waals surface area (Å²) in [5, 5.41) is 9.29. The van der Waals surface area contributed by atoms with Gasteiger partial charge in [0.1, 0.15) is 11.4 Å². The predicted octanol–water partition coefficient (Wildman–Crippen LogP) is 5.36. The highest BCUT2D eigenvalue weighted by Crippen LogP contribution is 2.30. The minimum Gasteiger partial charge on any atom is -0.496 e. The summed E-state index contributed by atoms with van der Waals surface area (Å²) in [4.78, 5) is 0. The Labute approximate surface area is 176 Å². The van der Waals surface area contributed by atoms with Crippen molar-refractivity contribution in [2.45, 2.75) is 13.5 Å². The van der Waals surface area contributed by atoms with Crippen LogP contribution in [0.25, 0.3) is 11.3 Å². The Hall–Kier alpha value is -3.86. The number of aryl methyl sites for hydroxylation is 1. The molecule has 3 aromatic carbocycles. The number of hydrazone groups is 1. The van der Waals surface area contributed by atoms with E-state index in [1.165, 1.54) is 11.1 Å². The summed E-state index contributed by atoms with van der Waals surface area (Å²) < 4.78 is 7.50. The average Bonchev–Trinajstić information content (AvgIpc) is 3.16. The molecule has 0 bridgehead atoms. The summed E-state index contributed by atoms with van der Waals surface area (Å²) in [5.74, 6) is 0.781. The van der Waals surface area contributed by atoms with Gasteiger partial charge in [0.25, 0.3) is 0 Å². The van der Waals surface area contributed by atoms with Gasteiger partial charge < -0.3 is 4.74 Å². The first kappa shape index (κ1) is 19.5. The van der Waals surface area contributed by atoms with Gasteiger partial charge in [0.2, 0.25) is 0 Å². The van der Waals surface area contributed by atoms with Crippen molar-refractivity contribution in [2.75, 3.05) is 12.5 Å². The van der Waals surface area contributed by atoms with Crippen molar-refractivity contribution >= 4 is 11.9 Å². The van der Waals surface area contributed by atoms with Crippen LogP contribution in [0.2, 0.25) is 0 Å². The maximum absolute atomic E-state index is 5.56. The summed E-state index contributed by atoms with van der Waals surface area (Å²) >= 11 is 0. The predicted molar refractivity (Wildman–Crippen MR) is 122 cm³/mol. The van der Waals surface area contributed by atoms with Crippen molar-refractivity contribution in [1.82, 2.24) is 9.78 Å². The zero-order valence-corrected chi connectivity index (χ0v) is 17.1. The standard InChI is InChI=1S/C25H24N4O/c1-19-9-8-12-22(15-19)27-26-16-21-18-29(17-20-10-4-3-5-11-20)28-25(21)23-13-6-7-14-24(23)30-2/h3-16,18,27H,17H2,1-2H3/b26-16-. The highest BCUT2D eigenvalue weighted by Gasteiger charge is 2.14. The number of ether oxygens (including phenoxy) is 1. The fourth-order valence-corrected chi connectivity index (χ4v) is 3.32. The molecule has 1 heterocycles. The number of nitrogens with zero attached hydrogens (tertiary/aromatic N) is 3. The van der Waals surface area contributed by atoms with E-state index in [2.05, 4.69) is 41.7 Å². The van der Waals surface area contributed by atoms with Crippen LogP contribution in [0.3, 0.4) is 0 Å². The largest absolute Gasteiger partial charge is 0.496 e. The van der Waals surface area contributed by atoms with Crippen molar-refractivity contribution in [3.8, 4) is 17.0 Å². The normalized spacial score (nSPS) is 11.0. The first-order chi connectivity index (χ1) is 14.7. The lowest BCUT2D eigenvalue weighted by Gasteiger charge is -2.06. The third kappa shape index (κ3) is 4.58. The molecule has 0 aliphatic carbocycles. The summed E-state index contributed by atoms with van der Waals surface area (Å²) in [6, 6.07) is 26.3. The third-order valence-electron chi connectivity index (χ3n) is 4.75. The fraction of sp³-hybridized carbons (Fsp3) is 0.120. The van der Waals surface area contributed by atoms with Gasteiger partial charge in [-0.1, -0.05) is 54.6 Å². The van der Waals surface area contributed by atoms with Crippen LogP contribution in [0.5, 0.6) is 5.75 Å². The maximum atomic E-state index is 5.56. The molecule has 0 unspecified atom stereocenters. The average molecular weight is 396 g/mol. The van der Waals surface area contributed by atoms with E-state index in [0.717, 1.165) is 28.3 Å². The van der Waals surface area contributed by atoms with Crippen LogP contribution in [0, 0.1) is 6.92 Å². The number of nitrogens with one attached hydrogen (secondary N) is 1. The van der Waals surface area contributed by atoms with Crippen molar-refractivity contribution < 1.29 is 4.74 Å². The van der Waals surface area contributed by atoms with Crippen LogP contribution in [0.1, 0.15) is 16.7 Å². The molecule has 0 aliphatic heterocycles.